The Kier molecular flexibility index (Phi) is 9.13. The summed E-state index contributed by atoms with van der Waals surface area (Å²) in [6.45, 7) is 0. The fraction of sp³-hybridized carbons (Fsp3) is 0.0370. The number of fused-ring (bicyclic) bond motifs is 28. The van der Waals surface area contributed by atoms with E-state index in [1.807, 2.05) is 0 Å². The third kappa shape index (κ3) is 5.57. The quantitative estimate of drug-likeness (QED) is 0.175. The molecule has 390 valence electrons. The van der Waals surface area contributed by atoms with Crippen LogP contribution < -0.4 is 14.4 Å². The lowest BCUT2D eigenvalue weighted by Gasteiger charge is -2.39. The van der Waals surface area contributed by atoms with E-state index in [1.54, 1.807) is 0 Å². The Bertz CT molecular complexity index is 4870. The van der Waals surface area contributed by atoms with E-state index < -0.39 is 16.2 Å². The van der Waals surface area contributed by atoms with E-state index in [-0.39, 0.29) is 0 Å². The number of hydrogen-bond donors (Lipinski definition) is 0. The van der Waals surface area contributed by atoms with Gasteiger partial charge in [0.25, 0.3) is 0 Å². The molecule has 13 aromatic carbocycles. The van der Waals surface area contributed by atoms with E-state index in [9.17, 15) is 0 Å². The van der Waals surface area contributed by atoms with Gasteiger partial charge in [0.15, 0.2) is 0 Å². The molecule has 0 saturated heterocycles. The third-order valence-corrected chi connectivity index (χ3v) is 19.6. The molecule has 3 nitrogen and oxygen atoms in total. The Morgan fingerprint density at radius 1 is 0.214 bits per heavy atom. The van der Waals surface area contributed by atoms with Gasteiger partial charge >= 0.3 is 0 Å². The maximum absolute atomic E-state index is 6.84. The van der Waals surface area contributed by atoms with Crippen LogP contribution in [-0.4, -0.2) is 0 Å². The minimum Gasteiger partial charge on any atom is -0.457 e. The molecule has 0 radical (unpaired) electrons. The van der Waals surface area contributed by atoms with Gasteiger partial charge in [-0.05, 0) is 149 Å². The highest BCUT2D eigenvalue weighted by Gasteiger charge is 2.55. The summed E-state index contributed by atoms with van der Waals surface area (Å²) in [5.74, 6) is 3.52. The minimum absolute atomic E-state index is 0.539. The van der Waals surface area contributed by atoms with Crippen LogP contribution in [0.5, 0.6) is 23.0 Å². The Morgan fingerprint density at radius 2 is 0.548 bits per heavy atom. The van der Waals surface area contributed by atoms with E-state index >= 15 is 0 Å². The fourth-order valence-corrected chi connectivity index (χ4v) is 16.7. The molecule has 0 aromatic heterocycles. The molecule has 2 heterocycles. The van der Waals surface area contributed by atoms with Crippen molar-refractivity contribution in [3.63, 3.8) is 0 Å². The second kappa shape index (κ2) is 16.7. The predicted molar refractivity (Wildman–Crippen MR) is 338 cm³/mol. The molecule has 0 unspecified atom stereocenters. The summed E-state index contributed by atoms with van der Waals surface area (Å²) in [5, 5.41) is 0. The highest BCUT2D eigenvalue weighted by Crippen LogP contribution is 2.68. The molecular formula is C81H49NO2. The summed E-state index contributed by atoms with van der Waals surface area (Å²) in [7, 11) is 0. The lowest BCUT2D eigenvalue weighted by atomic mass is 9.66. The van der Waals surface area contributed by atoms with Crippen molar-refractivity contribution in [2.75, 3.05) is 4.90 Å². The van der Waals surface area contributed by atoms with Gasteiger partial charge in [0, 0.05) is 39.2 Å². The van der Waals surface area contributed by atoms with Crippen LogP contribution in [-0.2, 0) is 16.2 Å². The molecule has 3 spiro atoms. The topological polar surface area (TPSA) is 21.7 Å². The average molecular weight is 1070 g/mol. The summed E-state index contributed by atoms with van der Waals surface area (Å²) < 4.78 is 13.6. The van der Waals surface area contributed by atoms with E-state index in [1.165, 1.54) is 94.6 Å². The maximum atomic E-state index is 6.84. The summed E-state index contributed by atoms with van der Waals surface area (Å²) in [6.07, 6.45) is 0. The van der Waals surface area contributed by atoms with Gasteiger partial charge in [0.05, 0.1) is 21.9 Å². The maximum Gasteiger partial charge on any atom is 0.132 e. The number of rotatable bonds is 4. The zero-order valence-corrected chi connectivity index (χ0v) is 45.6. The molecule has 2 aliphatic heterocycles. The number of hydrogen-bond acceptors (Lipinski definition) is 3. The van der Waals surface area contributed by atoms with Gasteiger partial charge in [-0.25, -0.2) is 0 Å². The first-order valence-corrected chi connectivity index (χ1v) is 29.2. The Balaban J connectivity index is 0.890. The van der Waals surface area contributed by atoms with Gasteiger partial charge in [-0.3, -0.25) is 0 Å². The van der Waals surface area contributed by atoms with Crippen LogP contribution in [0.2, 0.25) is 0 Å². The predicted octanol–water partition coefficient (Wildman–Crippen LogP) is 20.1. The fourth-order valence-electron chi connectivity index (χ4n) is 16.7. The number of anilines is 3. The lowest BCUT2D eigenvalue weighted by molar-refractivity contribution is 0.436. The second-order valence-electron chi connectivity index (χ2n) is 23.2. The SMILES string of the molecule is c1cc(-c2cccc3c2-c2ccccc2C32c3ccccc3Oc3ccccc32)cc(N(c2ccc3c(c2)C2(c4ccccc4-c4ccccc42)c2ccccc2-3)c2cccc3c2-c2ccccc2C32c3ccccc3Oc3ccccc32)c1. The van der Waals surface area contributed by atoms with Gasteiger partial charge < -0.3 is 14.4 Å². The Morgan fingerprint density at radius 3 is 1.05 bits per heavy atom. The molecule has 0 fully saturated rings. The zero-order chi connectivity index (χ0) is 54.9. The van der Waals surface area contributed by atoms with E-state index in [4.69, 9.17) is 9.47 Å². The van der Waals surface area contributed by atoms with E-state index in [0.29, 0.717) is 0 Å². The van der Waals surface area contributed by atoms with Gasteiger partial charge in [-0.2, -0.15) is 0 Å². The van der Waals surface area contributed by atoms with Crippen molar-refractivity contribution in [1.82, 2.24) is 0 Å². The summed E-state index contributed by atoms with van der Waals surface area (Å²) in [4.78, 5) is 2.57. The Labute approximate surface area is 487 Å². The summed E-state index contributed by atoms with van der Waals surface area (Å²) in [5.41, 5.74) is 28.6. The minimum atomic E-state index is -0.656. The molecule has 3 heteroatoms. The van der Waals surface area contributed by atoms with Gasteiger partial charge in [0.1, 0.15) is 23.0 Å². The molecule has 6 aliphatic rings. The highest BCUT2D eigenvalue weighted by atomic mass is 16.5. The van der Waals surface area contributed by atoms with Gasteiger partial charge in [0.2, 0.25) is 0 Å². The van der Waals surface area contributed by atoms with Crippen LogP contribution in [0.4, 0.5) is 17.1 Å². The molecular weight excluding hydrogens is 1020 g/mol. The average Bonchev–Trinajstić information content (AvgIpc) is 1.62. The van der Waals surface area contributed by atoms with Crippen molar-refractivity contribution in [1.29, 1.82) is 0 Å². The van der Waals surface area contributed by atoms with Crippen LogP contribution in [0.1, 0.15) is 66.8 Å². The number of nitrogens with zero attached hydrogens (tertiary/aromatic N) is 1. The number of benzene rings is 13. The number of ether oxygens (including phenoxy) is 2. The van der Waals surface area contributed by atoms with Crippen LogP contribution >= 0.6 is 0 Å². The van der Waals surface area contributed by atoms with Crippen LogP contribution in [0.15, 0.2) is 297 Å². The number of para-hydroxylation sites is 4. The van der Waals surface area contributed by atoms with Crippen molar-refractivity contribution in [2.45, 2.75) is 16.2 Å². The zero-order valence-electron chi connectivity index (χ0n) is 45.6. The largest absolute Gasteiger partial charge is 0.457 e. The normalized spacial score (nSPS) is 14.9. The summed E-state index contributed by atoms with van der Waals surface area (Å²) >= 11 is 0. The molecule has 13 aromatic rings. The first-order valence-electron chi connectivity index (χ1n) is 29.2. The van der Waals surface area contributed by atoms with Crippen molar-refractivity contribution in [2.24, 2.45) is 0 Å². The molecule has 19 rings (SSSR count). The van der Waals surface area contributed by atoms with Gasteiger partial charge in [-0.1, -0.05) is 243 Å². The van der Waals surface area contributed by atoms with Crippen molar-refractivity contribution in [3.05, 3.63) is 364 Å². The molecule has 0 amide bonds. The lowest BCUT2D eigenvalue weighted by Crippen LogP contribution is -2.32. The monoisotopic (exact) mass is 1070 g/mol. The third-order valence-electron chi connectivity index (χ3n) is 19.6. The molecule has 4 aliphatic carbocycles. The smallest absolute Gasteiger partial charge is 0.132 e. The van der Waals surface area contributed by atoms with Crippen LogP contribution in [0, 0.1) is 0 Å². The van der Waals surface area contributed by atoms with Crippen LogP contribution in [0.3, 0.4) is 0 Å². The molecule has 0 atom stereocenters. The van der Waals surface area contributed by atoms with E-state index in [2.05, 4.69) is 302 Å². The first-order chi connectivity index (χ1) is 41.7. The van der Waals surface area contributed by atoms with Gasteiger partial charge in [-0.15, -0.1) is 0 Å². The van der Waals surface area contributed by atoms with Crippen molar-refractivity contribution >= 4 is 17.1 Å². The summed E-state index contributed by atoms with van der Waals surface area (Å²) in [6, 6.07) is 111. The van der Waals surface area contributed by atoms with E-state index in [0.717, 1.165) is 67.9 Å². The van der Waals surface area contributed by atoms with Crippen molar-refractivity contribution in [3.8, 4) is 78.6 Å². The molecule has 84 heavy (non-hydrogen) atoms. The second-order valence-corrected chi connectivity index (χ2v) is 23.2. The molecule has 0 saturated carbocycles. The Hall–Kier alpha value is -10.7. The molecule has 0 bridgehead atoms. The molecule has 0 N–H and O–H groups in total. The van der Waals surface area contributed by atoms with Crippen LogP contribution in [0.25, 0.3) is 55.6 Å². The highest BCUT2D eigenvalue weighted by molar-refractivity contribution is 6.02. The first kappa shape index (κ1) is 45.9. The van der Waals surface area contributed by atoms with Crippen molar-refractivity contribution < 1.29 is 9.47 Å². The standard InChI is InChI=1S/C81H49NO2/c1-6-30-60-54(24-1)55-25-2-7-31-61(55)79(60)62-32-8-3-26-56(62)57-47-46-52(49-71(57)79)82(72-41-21-40-70-78(72)59-28-5-10-34-64(59)81(70)67-37-13-17-44-75(67)84-76-45-18-14-38-68(76)81)51-23-19-22-50(48-51)53-29-20-39-69-77(53)58-27-4-9-33-63(58)80(69)65-35-11-15-42-73(65)83-74-43-16-12-36-66(74)80/h1-49H.